The summed E-state index contributed by atoms with van der Waals surface area (Å²) in [5.41, 5.74) is 4.22. The number of hydrogen-bond donors (Lipinski definition) is 0. The monoisotopic (exact) mass is 465 g/mol. The highest BCUT2D eigenvalue weighted by Gasteiger charge is 2.18. The van der Waals surface area contributed by atoms with Gasteiger partial charge in [0.25, 0.3) is 5.56 Å². The predicted octanol–water partition coefficient (Wildman–Crippen LogP) is 4.75. The Morgan fingerprint density at radius 2 is 1.83 bits per heavy atom. The van der Waals surface area contributed by atoms with Gasteiger partial charge in [0.15, 0.2) is 11.4 Å². The SMILES string of the molecule is Cc1nc2c(OCc3ccccc3C#N)cccn2c(=O)c1-c1cc(C)n(-c2ccc(F)cc2)n1. The second-order valence-electron chi connectivity index (χ2n) is 8.06. The van der Waals surface area contributed by atoms with Gasteiger partial charge in [0, 0.05) is 17.5 Å². The highest BCUT2D eigenvalue weighted by molar-refractivity contribution is 5.65. The molecule has 5 rings (SSSR count). The number of hydrogen-bond acceptors (Lipinski definition) is 5. The number of rotatable bonds is 5. The van der Waals surface area contributed by atoms with E-state index in [-0.39, 0.29) is 18.0 Å². The molecule has 0 N–H and O–H groups in total. The van der Waals surface area contributed by atoms with Crippen LogP contribution in [0.25, 0.3) is 22.6 Å². The number of nitriles is 1. The Morgan fingerprint density at radius 3 is 2.60 bits per heavy atom. The zero-order valence-electron chi connectivity index (χ0n) is 19.1. The van der Waals surface area contributed by atoms with E-state index in [1.54, 1.807) is 60.3 Å². The van der Waals surface area contributed by atoms with E-state index in [0.717, 1.165) is 11.3 Å². The standard InChI is InChI=1S/C27H20FN5O2/c1-17-14-23(31-33(17)22-11-9-21(28)10-12-22)25-18(2)30-26-24(8-5-13-32(26)27(25)34)35-16-20-7-4-3-6-19(20)15-29/h3-14H,16H2,1-2H3. The number of pyridine rings is 1. The second kappa shape index (κ2) is 8.88. The van der Waals surface area contributed by atoms with Gasteiger partial charge < -0.3 is 4.74 Å². The van der Waals surface area contributed by atoms with Crippen LogP contribution < -0.4 is 10.3 Å². The van der Waals surface area contributed by atoms with Gasteiger partial charge in [0.05, 0.1) is 28.6 Å². The van der Waals surface area contributed by atoms with Gasteiger partial charge in [-0.15, -0.1) is 0 Å². The van der Waals surface area contributed by atoms with Crippen LogP contribution in [0.2, 0.25) is 0 Å². The van der Waals surface area contributed by atoms with Gasteiger partial charge >= 0.3 is 0 Å². The lowest BCUT2D eigenvalue weighted by Gasteiger charge is -2.12. The van der Waals surface area contributed by atoms with Crippen LogP contribution in [0.5, 0.6) is 5.75 Å². The molecule has 3 heterocycles. The summed E-state index contributed by atoms with van der Waals surface area (Å²) in [6, 6.07) is 20.6. The molecule has 0 unspecified atom stereocenters. The van der Waals surface area contributed by atoms with Gasteiger partial charge in [-0.1, -0.05) is 18.2 Å². The molecule has 0 aliphatic carbocycles. The fourth-order valence-corrected chi connectivity index (χ4v) is 4.00. The van der Waals surface area contributed by atoms with Crippen molar-refractivity contribution in [3.8, 4) is 28.8 Å². The number of benzene rings is 2. The summed E-state index contributed by atoms with van der Waals surface area (Å²) in [7, 11) is 0. The number of aromatic nitrogens is 4. The molecule has 5 aromatic rings. The van der Waals surface area contributed by atoms with Gasteiger partial charge in [-0.3, -0.25) is 9.20 Å². The van der Waals surface area contributed by atoms with Gasteiger partial charge in [0.1, 0.15) is 18.1 Å². The molecule has 8 heteroatoms. The summed E-state index contributed by atoms with van der Waals surface area (Å²) in [5, 5.41) is 13.9. The first-order valence-electron chi connectivity index (χ1n) is 10.9. The van der Waals surface area contributed by atoms with E-state index in [0.29, 0.717) is 39.6 Å². The van der Waals surface area contributed by atoms with E-state index in [2.05, 4.69) is 16.2 Å². The molecular formula is C27H20FN5O2. The summed E-state index contributed by atoms with van der Waals surface area (Å²) in [6.07, 6.45) is 1.63. The van der Waals surface area contributed by atoms with Crippen LogP contribution in [-0.4, -0.2) is 19.2 Å². The van der Waals surface area contributed by atoms with Crippen LogP contribution in [-0.2, 0) is 6.61 Å². The molecule has 3 aromatic heterocycles. The molecule has 0 radical (unpaired) electrons. The van der Waals surface area contributed by atoms with Crippen molar-refractivity contribution in [2.75, 3.05) is 0 Å². The molecule has 0 fully saturated rings. The number of ether oxygens (including phenoxy) is 1. The molecule has 0 aliphatic rings. The summed E-state index contributed by atoms with van der Waals surface area (Å²) in [5.74, 6) is 0.0979. The topological polar surface area (TPSA) is 85.2 Å². The third kappa shape index (κ3) is 4.04. The molecular weight excluding hydrogens is 445 g/mol. The van der Waals surface area contributed by atoms with Crippen LogP contribution in [0.15, 0.2) is 77.7 Å². The zero-order chi connectivity index (χ0) is 24.5. The quantitative estimate of drug-likeness (QED) is 0.374. The summed E-state index contributed by atoms with van der Waals surface area (Å²) >= 11 is 0. The maximum Gasteiger partial charge on any atom is 0.267 e. The minimum absolute atomic E-state index is 0.168. The zero-order valence-corrected chi connectivity index (χ0v) is 19.1. The van der Waals surface area contributed by atoms with E-state index < -0.39 is 0 Å². The normalized spacial score (nSPS) is 10.9. The lowest BCUT2D eigenvalue weighted by Crippen LogP contribution is -2.19. The van der Waals surface area contributed by atoms with Crippen LogP contribution in [0.1, 0.15) is 22.5 Å². The average Bonchev–Trinajstić information content (AvgIpc) is 3.24. The van der Waals surface area contributed by atoms with E-state index in [1.807, 2.05) is 19.1 Å². The fourth-order valence-electron chi connectivity index (χ4n) is 4.00. The van der Waals surface area contributed by atoms with Crippen molar-refractivity contribution in [2.24, 2.45) is 0 Å². The summed E-state index contributed by atoms with van der Waals surface area (Å²) in [4.78, 5) is 18.2. The molecule has 0 saturated heterocycles. The summed E-state index contributed by atoms with van der Waals surface area (Å²) < 4.78 is 22.4. The van der Waals surface area contributed by atoms with Crippen molar-refractivity contribution in [3.63, 3.8) is 0 Å². The minimum atomic E-state index is -0.333. The van der Waals surface area contributed by atoms with Crippen molar-refractivity contribution in [1.82, 2.24) is 19.2 Å². The smallest absolute Gasteiger partial charge is 0.267 e. The minimum Gasteiger partial charge on any atom is -0.485 e. The van der Waals surface area contributed by atoms with Crippen LogP contribution in [0, 0.1) is 31.0 Å². The first-order valence-corrected chi connectivity index (χ1v) is 10.9. The number of aryl methyl sites for hydroxylation is 2. The highest BCUT2D eigenvalue weighted by Crippen LogP contribution is 2.25. The van der Waals surface area contributed by atoms with E-state index in [4.69, 9.17) is 4.74 Å². The van der Waals surface area contributed by atoms with Gasteiger partial charge in [-0.2, -0.15) is 10.4 Å². The third-order valence-corrected chi connectivity index (χ3v) is 5.74. The lowest BCUT2D eigenvalue weighted by molar-refractivity contribution is 0.307. The third-order valence-electron chi connectivity index (χ3n) is 5.74. The molecule has 0 saturated carbocycles. The Labute approximate surface area is 200 Å². The molecule has 0 atom stereocenters. The largest absolute Gasteiger partial charge is 0.485 e. The Balaban J connectivity index is 1.55. The van der Waals surface area contributed by atoms with Crippen LogP contribution in [0.3, 0.4) is 0 Å². The Hall–Kier alpha value is -4.77. The van der Waals surface area contributed by atoms with Crippen molar-refractivity contribution in [2.45, 2.75) is 20.5 Å². The molecule has 0 amide bonds. The van der Waals surface area contributed by atoms with Gasteiger partial charge in [0.2, 0.25) is 0 Å². The molecule has 0 bridgehead atoms. The Bertz CT molecular complexity index is 1660. The number of fused-ring (bicyclic) bond motifs is 1. The molecule has 172 valence electrons. The first kappa shape index (κ1) is 22.0. The lowest BCUT2D eigenvalue weighted by atomic mass is 10.1. The highest BCUT2D eigenvalue weighted by atomic mass is 19.1. The molecule has 7 nitrogen and oxygen atoms in total. The second-order valence-corrected chi connectivity index (χ2v) is 8.06. The number of nitrogens with zero attached hydrogens (tertiary/aromatic N) is 5. The van der Waals surface area contributed by atoms with E-state index in [9.17, 15) is 14.4 Å². The Morgan fingerprint density at radius 1 is 1.06 bits per heavy atom. The maximum atomic E-state index is 13.5. The predicted molar refractivity (Wildman–Crippen MR) is 129 cm³/mol. The maximum absolute atomic E-state index is 13.5. The molecule has 35 heavy (non-hydrogen) atoms. The van der Waals surface area contributed by atoms with Gasteiger partial charge in [-0.05, 0) is 62.4 Å². The fraction of sp³-hybridized carbons (Fsp3) is 0.111. The molecule has 0 spiro atoms. The average molecular weight is 465 g/mol. The van der Waals surface area contributed by atoms with Crippen molar-refractivity contribution >= 4 is 5.65 Å². The van der Waals surface area contributed by atoms with Crippen molar-refractivity contribution < 1.29 is 9.13 Å². The van der Waals surface area contributed by atoms with Gasteiger partial charge in [-0.25, -0.2) is 14.1 Å². The summed E-state index contributed by atoms with van der Waals surface area (Å²) in [6.45, 7) is 3.79. The van der Waals surface area contributed by atoms with Crippen molar-refractivity contribution in [1.29, 1.82) is 5.26 Å². The number of halogens is 1. The van der Waals surface area contributed by atoms with Crippen molar-refractivity contribution in [3.05, 3.63) is 112 Å². The molecule has 0 aliphatic heterocycles. The van der Waals surface area contributed by atoms with Crippen LogP contribution >= 0.6 is 0 Å². The Kier molecular flexibility index (Phi) is 5.59. The van der Waals surface area contributed by atoms with Crippen LogP contribution in [0.4, 0.5) is 4.39 Å². The van der Waals surface area contributed by atoms with E-state index >= 15 is 0 Å². The van der Waals surface area contributed by atoms with E-state index in [1.165, 1.54) is 16.5 Å². The molecule has 2 aromatic carbocycles. The first-order chi connectivity index (χ1) is 17.0.